The topological polar surface area (TPSA) is 15.3 Å². The summed E-state index contributed by atoms with van der Waals surface area (Å²) < 4.78 is 0. The molecule has 2 saturated carbocycles. The van der Waals surface area contributed by atoms with Gasteiger partial charge in [0.25, 0.3) is 0 Å². The van der Waals surface area contributed by atoms with Crippen molar-refractivity contribution in [1.82, 2.24) is 10.2 Å². The molecule has 0 radical (unpaired) electrons. The molecule has 1 N–H and O–H groups in total. The minimum Gasteiger partial charge on any atom is -0.316 e. The molecular formula is C17H34N2. The molecule has 2 heteroatoms. The van der Waals surface area contributed by atoms with Crippen molar-refractivity contribution in [3.05, 3.63) is 0 Å². The summed E-state index contributed by atoms with van der Waals surface area (Å²) in [4.78, 5) is 2.69. The molecule has 0 aromatic rings. The second-order valence-corrected chi connectivity index (χ2v) is 7.32. The van der Waals surface area contributed by atoms with Crippen LogP contribution in [0.25, 0.3) is 0 Å². The molecule has 2 aliphatic rings. The summed E-state index contributed by atoms with van der Waals surface area (Å²) >= 11 is 0. The highest BCUT2D eigenvalue weighted by molar-refractivity contribution is 4.90. The number of hydrogen-bond acceptors (Lipinski definition) is 2. The molecule has 2 nitrogen and oxygen atoms in total. The van der Waals surface area contributed by atoms with E-state index in [0.717, 1.165) is 18.5 Å². The first-order valence-electron chi connectivity index (χ1n) is 8.56. The third-order valence-electron chi connectivity index (χ3n) is 5.62. The zero-order chi connectivity index (χ0) is 13.7. The van der Waals surface area contributed by atoms with E-state index in [1.54, 1.807) is 0 Å². The minimum atomic E-state index is 0.555. The molecule has 0 saturated heterocycles. The van der Waals surface area contributed by atoms with Gasteiger partial charge in [0.05, 0.1) is 0 Å². The zero-order valence-electron chi connectivity index (χ0n) is 13.4. The Bertz CT molecular complexity index is 244. The molecule has 0 amide bonds. The largest absolute Gasteiger partial charge is 0.316 e. The van der Waals surface area contributed by atoms with Crippen molar-refractivity contribution in [2.24, 2.45) is 11.3 Å². The van der Waals surface area contributed by atoms with Crippen LogP contribution in [0.4, 0.5) is 0 Å². The Morgan fingerprint density at radius 2 is 1.74 bits per heavy atom. The van der Waals surface area contributed by atoms with E-state index in [1.165, 1.54) is 64.5 Å². The molecular weight excluding hydrogens is 232 g/mol. The molecule has 112 valence electrons. The molecule has 2 aliphatic carbocycles. The van der Waals surface area contributed by atoms with Crippen LogP contribution in [0.3, 0.4) is 0 Å². The summed E-state index contributed by atoms with van der Waals surface area (Å²) in [7, 11) is 2.38. The summed E-state index contributed by atoms with van der Waals surface area (Å²) in [6, 6.07) is 0.873. The van der Waals surface area contributed by atoms with E-state index in [4.69, 9.17) is 0 Å². The number of hydrogen-bond donors (Lipinski definition) is 1. The monoisotopic (exact) mass is 266 g/mol. The van der Waals surface area contributed by atoms with Gasteiger partial charge in [-0.2, -0.15) is 0 Å². The minimum absolute atomic E-state index is 0.555. The van der Waals surface area contributed by atoms with E-state index < -0.39 is 0 Å². The second kappa shape index (κ2) is 7.08. The van der Waals surface area contributed by atoms with E-state index in [0.29, 0.717) is 5.41 Å². The lowest BCUT2D eigenvalue weighted by atomic mass is 9.70. The van der Waals surface area contributed by atoms with Crippen LogP contribution in [0.2, 0.25) is 0 Å². The summed E-state index contributed by atoms with van der Waals surface area (Å²) in [5.74, 6) is 0.950. The Hall–Kier alpha value is -0.0800. The first-order chi connectivity index (χ1) is 9.15. The van der Waals surface area contributed by atoms with Crippen LogP contribution in [0.15, 0.2) is 0 Å². The Morgan fingerprint density at radius 1 is 1.11 bits per heavy atom. The van der Waals surface area contributed by atoms with E-state index in [-0.39, 0.29) is 0 Å². The van der Waals surface area contributed by atoms with Gasteiger partial charge in [0.15, 0.2) is 0 Å². The molecule has 2 rings (SSSR count). The molecule has 0 heterocycles. The van der Waals surface area contributed by atoms with E-state index in [2.05, 4.69) is 31.1 Å². The molecule has 2 fully saturated rings. The predicted molar refractivity (Wildman–Crippen MR) is 83.5 cm³/mol. The van der Waals surface area contributed by atoms with E-state index in [9.17, 15) is 0 Å². The Kier molecular flexibility index (Phi) is 5.70. The molecule has 19 heavy (non-hydrogen) atoms. The highest BCUT2D eigenvalue weighted by Gasteiger charge is 2.36. The molecule has 0 aromatic carbocycles. The van der Waals surface area contributed by atoms with Gasteiger partial charge in [0.2, 0.25) is 0 Å². The van der Waals surface area contributed by atoms with Gasteiger partial charge >= 0.3 is 0 Å². The SMILES string of the molecule is CCNCC1(CN(C)C2CCCC2)CCC(C)CC1. The van der Waals surface area contributed by atoms with Crippen LogP contribution in [-0.4, -0.2) is 37.6 Å². The smallest absolute Gasteiger partial charge is 0.00924 e. The standard InChI is InChI=1S/C17H34N2/c1-4-18-13-17(11-9-15(2)10-12-17)14-19(3)16-7-5-6-8-16/h15-16,18H,4-14H2,1-3H3. The average Bonchev–Trinajstić information content (AvgIpc) is 2.94. The highest BCUT2D eigenvalue weighted by Crippen LogP contribution is 2.40. The van der Waals surface area contributed by atoms with Crippen molar-refractivity contribution in [2.45, 2.75) is 71.3 Å². The van der Waals surface area contributed by atoms with Crippen LogP contribution < -0.4 is 5.32 Å². The first kappa shape index (κ1) is 15.3. The fraction of sp³-hybridized carbons (Fsp3) is 1.00. The fourth-order valence-electron chi connectivity index (χ4n) is 4.16. The van der Waals surface area contributed by atoms with Gasteiger partial charge in [0.1, 0.15) is 0 Å². The van der Waals surface area contributed by atoms with Gasteiger partial charge in [-0.3, -0.25) is 0 Å². The summed E-state index contributed by atoms with van der Waals surface area (Å²) in [6.45, 7) is 8.33. The number of nitrogens with zero attached hydrogens (tertiary/aromatic N) is 1. The first-order valence-corrected chi connectivity index (χ1v) is 8.56. The third-order valence-corrected chi connectivity index (χ3v) is 5.62. The van der Waals surface area contributed by atoms with Crippen LogP contribution >= 0.6 is 0 Å². The molecule has 0 spiro atoms. The van der Waals surface area contributed by atoms with Crippen molar-refractivity contribution in [2.75, 3.05) is 26.7 Å². The Morgan fingerprint density at radius 3 is 2.32 bits per heavy atom. The maximum atomic E-state index is 3.64. The van der Waals surface area contributed by atoms with E-state index in [1.807, 2.05) is 0 Å². The van der Waals surface area contributed by atoms with Crippen molar-refractivity contribution < 1.29 is 0 Å². The Balaban J connectivity index is 1.92. The second-order valence-electron chi connectivity index (χ2n) is 7.32. The Labute approximate surface area is 120 Å². The molecule has 0 aliphatic heterocycles. The summed E-state index contributed by atoms with van der Waals surface area (Å²) in [5.41, 5.74) is 0.555. The maximum Gasteiger partial charge on any atom is 0.00924 e. The number of nitrogens with one attached hydrogen (secondary N) is 1. The molecule has 0 bridgehead atoms. The van der Waals surface area contributed by atoms with Crippen molar-refractivity contribution in [3.8, 4) is 0 Å². The van der Waals surface area contributed by atoms with Crippen LogP contribution in [0, 0.1) is 11.3 Å². The van der Waals surface area contributed by atoms with Crippen molar-refractivity contribution >= 4 is 0 Å². The third kappa shape index (κ3) is 4.19. The maximum absolute atomic E-state index is 3.64. The van der Waals surface area contributed by atoms with Gasteiger partial charge in [0, 0.05) is 19.1 Å². The lowest BCUT2D eigenvalue weighted by Crippen LogP contribution is -2.47. The van der Waals surface area contributed by atoms with E-state index >= 15 is 0 Å². The zero-order valence-corrected chi connectivity index (χ0v) is 13.4. The summed E-state index contributed by atoms with van der Waals surface area (Å²) in [6.07, 6.45) is 11.5. The quantitative estimate of drug-likeness (QED) is 0.789. The number of rotatable bonds is 6. The fourth-order valence-corrected chi connectivity index (χ4v) is 4.16. The normalized spacial score (nSPS) is 33.2. The van der Waals surface area contributed by atoms with Crippen LogP contribution in [0.5, 0.6) is 0 Å². The lowest BCUT2D eigenvalue weighted by molar-refractivity contribution is 0.0800. The van der Waals surface area contributed by atoms with Gasteiger partial charge in [-0.15, -0.1) is 0 Å². The van der Waals surface area contributed by atoms with Gasteiger partial charge < -0.3 is 10.2 Å². The van der Waals surface area contributed by atoms with Crippen LogP contribution in [-0.2, 0) is 0 Å². The highest BCUT2D eigenvalue weighted by atomic mass is 15.1. The molecule has 0 atom stereocenters. The summed E-state index contributed by atoms with van der Waals surface area (Å²) in [5, 5.41) is 3.64. The molecule has 0 aromatic heterocycles. The lowest BCUT2D eigenvalue weighted by Gasteiger charge is -2.43. The predicted octanol–water partition coefficient (Wildman–Crippen LogP) is 3.67. The van der Waals surface area contributed by atoms with Crippen molar-refractivity contribution in [1.29, 1.82) is 0 Å². The average molecular weight is 266 g/mol. The van der Waals surface area contributed by atoms with Gasteiger partial charge in [-0.25, -0.2) is 0 Å². The van der Waals surface area contributed by atoms with Gasteiger partial charge in [-0.1, -0.05) is 39.5 Å². The van der Waals surface area contributed by atoms with Crippen LogP contribution in [0.1, 0.15) is 65.2 Å². The molecule has 0 unspecified atom stereocenters. The van der Waals surface area contributed by atoms with Gasteiger partial charge in [-0.05, 0) is 50.6 Å². The van der Waals surface area contributed by atoms with Crippen molar-refractivity contribution in [3.63, 3.8) is 0 Å².